The van der Waals surface area contributed by atoms with Gasteiger partial charge in [0.2, 0.25) is 0 Å². The van der Waals surface area contributed by atoms with Gasteiger partial charge in [0.1, 0.15) is 0 Å². The van der Waals surface area contributed by atoms with Crippen molar-refractivity contribution >= 4 is 15.9 Å². The minimum absolute atomic E-state index is 0.243. The third kappa shape index (κ3) is 2.34. The van der Waals surface area contributed by atoms with Gasteiger partial charge in [0.05, 0.1) is 0 Å². The molecule has 0 aliphatic rings. The molecule has 0 atom stereocenters. The van der Waals surface area contributed by atoms with E-state index in [1.807, 2.05) is 0 Å². The summed E-state index contributed by atoms with van der Waals surface area (Å²) in [6.07, 6.45) is 1.12. The summed E-state index contributed by atoms with van der Waals surface area (Å²) in [5, 5.41) is 1.01. The fourth-order valence-corrected chi connectivity index (χ4v) is 1.86. The lowest BCUT2D eigenvalue weighted by atomic mass is 9.83. The average molecular weight is 241 g/mol. The molecule has 1 heteroatoms. The number of aryl methyl sites for hydroxylation is 1. The predicted molar refractivity (Wildman–Crippen MR) is 62.6 cm³/mol. The highest BCUT2D eigenvalue weighted by atomic mass is 79.9. The van der Waals surface area contributed by atoms with Crippen molar-refractivity contribution in [3.63, 3.8) is 0 Å². The zero-order chi connectivity index (χ0) is 9.90. The molecule has 1 aromatic carbocycles. The summed E-state index contributed by atoms with van der Waals surface area (Å²) in [4.78, 5) is 0. The number of alkyl halides is 1. The summed E-state index contributed by atoms with van der Waals surface area (Å²) in [5.41, 5.74) is 3.17. The van der Waals surface area contributed by atoms with Crippen molar-refractivity contribution in [1.82, 2.24) is 0 Å². The van der Waals surface area contributed by atoms with E-state index in [1.165, 1.54) is 11.1 Å². The van der Waals surface area contributed by atoms with Gasteiger partial charge in [-0.2, -0.15) is 0 Å². The Bertz CT molecular complexity index is 276. The van der Waals surface area contributed by atoms with Gasteiger partial charge in [-0.3, -0.25) is 0 Å². The molecule has 0 bridgehead atoms. The van der Waals surface area contributed by atoms with Crippen molar-refractivity contribution < 1.29 is 0 Å². The Morgan fingerprint density at radius 3 is 2.38 bits per heavy atom. The van der Waals surface area contributed by atoms with E-state index in [0.29, 0.717) is 0 Å². The zero-order valence-electron chi connectivity index (χ0n) is 8.60. The first-order chi connectivity index (χ1) is 6.11. The Morgan fingerprint density at radius 1 is 1.23 bits per heavy atom. The van der Waals surface area contributed by atoms with Crippen molar-refractivity contribution in [3.05, 3.63) is 35.4 Å². The second-order valence-corrected chi connectivity index (χ2v) is 4.59. The van der Waals surface area contributed by atoms with Crippen molar-refractivity contribution in [2.45, 2.75) is 32.6 Å². The molecule has 0 nitrogen and oxygen atoms in total. The maximum absolute atomic E-state index is 3.57. The van der Waals surface area contributed by atoms with Crippen LogP contribution >= 0.6 is 15.9 Å². The van der Waals surface area contributed by atoms with Gasteiger partial charge in [-0.1, -0.05) is 61.0 Å². The lowest BCUT2D eigenvalue weighted by Gasteiger charge is -2.25. The van der Waals surface area contributed by atoms with Crippen LogP contribution in [0.2, 0.25) is 0 Å². The number of halogens is 1. The van der Waals surface area contributed by atoms with Gasteiger partial charge in [-0.25, -0.2) is 0 Å². The molecule has 1 aromatic rings. The van der Waals surface area contributed by atoms with Crippen molar-refractivity contribution in [2.75, 3.05) is 5.33 Å². The molecule has 0 radical (unpaired) electrons. The summed E-state index contributed by atoms with van der Waals surface area (Å²) < 4.78 is 0. The van der Waals surface area contributed by atoms with Crippen molar-refractivity contribution in [2.24, 2.45) is 0 Å². The molecule has 0 spiro atoms. The summed E-state index contributed by atoms with van der Waals surface area (Å²) in [6.45, 7) is 6.76. The van der Waals surface area contributed by atoms with E-state index >= 15 is 0 Å². The third-order valence-corrected chi connectivity index (χ3v) is 3.86. The Labute approximate surface area is 89.5 Å². The Morgan fingerprint density at radius 2 is 1.85 bits per heavy atom. The van der Waals surface area contributed by atoms with Crippen molar-refractivity contribution in [3.8, 4) is 0 Å². The highest BCUT2D eigenvalue weighted by Crippen LogP contribution is 2.28. The van der Waals surface area contributed by atoms with Crippen LogP contribution in [0.25, 0.3) is 0 Å². The summed E-state index contributed by atoms with van der Waals surface area (Å²) in [7, 11) is 0. The first-order valence-corrected chi connectivity index (χ1v) is 5.88. The number of rotatable bonds is 3. The maximum Gasteiger partial charge on any atom is 0.0123 e. The monoisotopic (exact) mass is 240 g/mol. The maximum atomic E-state index is 3.57. The molecule has 1 rings (SSSR count). The van der Waals surface area contributed by atoms with E-state index in [1.54, 1.807) is 0 Å². The number of hydrogen-bond acceptors (Lipinski definition) is 0. The normalized spacial score (nSPS) is 11.7. The van der Waals surface area contributed by atoms with Gasteiger partial charge >= 0.3 is 0 Å². The standard InChI is InChI=1S/C12H17Br/c1-4-10-7-5-6-8-11(10)12(2,3)9-13/h5-8H,4,9H2,1-3H3. The minimum Gasteiger partial charge on any atom is -0.0919 e. The molecule has 0 N–H and O–H groups in total. The zero-order valence-corrected chi connectivity index (χ0v) is 10.2. The largest absolute Gasteiger partial charge is 0.0919 e. The topological polar surface area (TPSA) is 0 Å². The van der Waals surface area contributed by atoms with Crippen LogP contribution in [-0.4, -0.2) is 5.33 Å². The highest BCUT2D eigenvalue weighted by molar-refractivity contribution is 9.09. The lowest BCUT2D eigenvalue weighted by Crippen LogP contribution is -2.20. The van der Waals surface area contributed by atoms with Gasteiger partial charge < -0.3 is 0 Å². The smallest absolute Gasteiger partial charge is 0.0123 e. The fourth-order valence-electron chi connectivity index (χ4n) is 1.56. The summed E-state index contributed by atoms with van der Waals surface area (Å²) >= 11 is 3.57. The Kier molecular flexibility index (Phi) is 3.55. The van der Waals surface area contributed by atoms with Crippen LogP contribution in [0.15, 0.2) is 24.3 Å². The molecule has 72 valence electrons. The van der Waals surface area contributed by atoms with Crippen LogP contribution in [0.1, 0.15) is 31.9 Å². The minimum atomic E-state index is 0.243. The third-order valence-electron chi connectivity index (χ3n) is 2.46. The Balaban J connectivity index is 3.12. The van der Waals surface area contributed by atoms with Gasteiger partial charge in [-0.05, 0) is 23.0 Å². The molecule has 0 unspecified atom stereocenters. The Hall–Kier alpha value is -0.300. The SMILES string of the molecule is CCc1ccccc1C(C)(C)CBr. The highest BCUT2D eigenvalue weighted by Gasteiger charge is 2.20. The molecule has 0 aromatic heterocycles. The molecule has 0 fully saturated rings. The van der Waals surface area contributed by atoms with Crippen LogP contribution in [0.4, 0.5) is 0 Å². The van der Waals surface area contributed by atoms with Gasteiger partial charge in [0.15, 0.2) is 0 Å². The number of benzene rings is 1. The molecular formula is C12H17Br. The molecule has 0 saturated carbocycles. The van der Waals surface area contributed by atoms with Gasteiger partial charge in [-0.15, -0.1) is 0 Å². The van der Waals surface area contributed by atoms with E-state index in [2.05, 4.69) is 61.0 Å². The van der Waals surface area contributed by atoms with E-state index in [-0.39, 0.29) is 5.41 Å². The second kappa shape index (κ2) is 4.28. The van der Waals surface area contributed by atoms with Crippen LogP contribution < -0.4 is 0 Å². The second-order valence-electron chi connectivity index (χ2n) is 4.03. The van der Waals surface area contributed by atoms with E-state index < -0.39 is 0 Å². The summed E-state index contributed by atoms with van der Waals surface area (Å²) in [6, 6.07) is 8.70. The van der Waals surface area contributed by atoms with Gasteiger partial charge in [0, 0.05) is 5.33 Å². The van der Waals surface area contributed by atoms with E-state index in [4.69, 9.17) is 0 Å². The molecule has 0 aliphatic heterocycles. The van der Waals surface area contributed by atoms with E-state index in [9.17, 15) is 0 Å². The molecule has 0 amide bonds. The van der Waals surface area contributed by atoms with E-state index in [0.717, 1.165) is 11.8 Å². The quantitative estimate of drug-likeness (QED) is 0.703. The molecule has 0 heterocycles. The number of hydrogen-bond donors (Lipinski definition) is 0. The molecule has 0 saturated heterocycles. The average Bonchev–Trinajstić information content (AvgIpc) is 2.18. The molecular weight excluding hydrogens is 224 g/mol. The molecule has 0 aliphatic carbocycles. The van der Waals surface area contributed by atoms with Crippen LogP contribution in [0.5, 0.6) is 0 Å². The summed E-state index contributed by atoms with van der Waals surface area (Å²) in [5.74, 6) is 0. The van der Waals surface area contributed by atoms with Crippen LogP contribution in [0.3, 0.4) is 0 Å². The van der Waals surface area contributed by atoms with Crippen molar-refractivity contribution in [1.29, 1.82) is 0 Å². The lowest BCUT2D eigenvalue weighted by molar-refractivity contribution is 0.599. The molecule has 13 heavy (non-hydrogen) atoms. The fraction of sp³-hybridized carbons (Fsp3) is 0.500. The van der Waals surface area contributed by atoms with Crippen LogP contribution in [0, 0.1) is 0 Å². The predicted octanol–water partition coefficient (Wildman–Crippen LogP) is 3.92. The first-order valence-electron chi connectivity index (χ1n) is 4.76. The van der Waals surface area contributed by atoms with Gasteiger partial charge in [0.25, 0.3) is 0 Å². The first kappa shape index (κ1) is 10.8. The van der Waals surface area contributed by atoms with Crippen LogP contribution in [-0.2, 0) is 11.8 Å².